The van der Waals surface area contributed by atoms with E-state index in [0.29, 0.717) is 0 Å². The van der Waals surface area contributed by atoms with Crippen molar-refractivity contribution in [1.29, 1.82) is 0 Å². The lowest BCUT2D eigenvalue weighted by Gasteiger charge is -2.12. The van der Waals surface area contributed by atoms with E-state index >= 15 is 0 Å². The van der Waals surface area contributed by atoms with E-state index in [1.165, 1.54) is 0 Å². The monoisotopic (exact) mass is 305 g/mol. The molecule has 2 rings (SSSR count). The molecule has 0 saturated heterocycles. The second-order valence-electron chi connectivity index (χ2n) is 4.57. The standard InChI is InChI=1S/C15H20ClN5/c1-17-15(20-9-11-21-10-8-18-12-21)19-7-6-13-4-2-3-5-14(13)16/h2-5,8,10,12H,6-7,9,11H2,1H3,(H2,17,19,20). The highest BCUT2D eigenvalue weighted by Crippen LogP contribution is 2.14. The second-order valence-corrected chi connectivity index (χ2v) is 4.97. The molecule has 0 unspecified atom stereocenters. The highest BCUT2D eigenvalue weighted by atomic mass is 35.5. The lowest BCUT2D eigenvalue weighted by atomic mass is 10.1. The molecule has 6 heteroatoms. The molecule has 0 bridgehead atoms. The summed E-state index contributed by atoms with van der Waals surface area (Å²) in [6.07, 6.45) is 6.38. The van der Waals surface area contributed by atoms with Gasteiger partial charge in [-0.2, -0.15) is 0 Å². The molecule has 0 aliphatic carbocycles. The average Bonchev–Trinajstić information content (AvgIpc) is 3.01. The van der Waals surface area contributed by atoms with Gasteiger partial charge in [-0.3, -0.25) is 4.99 Å². The molecular formula is C15H20ClN5. The van der Waals surface area contributed by atoms with Crippen molar-refractivity contribution in [3.63, 3.8) is 0 Å². The van der Waals surface area contributed by atoms with E-state index in [-0.39, 0.29) is 0 Å². The van der Waals surface area contributed by atoms with E-state index in [0.717, 1.165) is 42.6 Å². The van der Waals surface area contributed by atoms with Gasteiger partial charge in [0.2, 0.25) is 0 Å². The fourth-order valence-corrected chi connectivity index (χ4v) is 2.19. The van der Waals surface area contributed by atoms with E-state index in [4.69, 9.17) is 11.6 Å². The number of nitrogens with zero attached hydrogens (tertiary/aromatic N) is 3. The molecule has 21 heavy (non-hydrogen) atoms. The molecule has 2 aromatic rings. The van der Waals surface area contributed by atoms with Crippen LogP contribution in [-0.2, 0) is 13.0 Å². The summed E-state index contributed by atoms with van der Waals surface area (Å²) in [4.78, 5) is 8.21. The largest absolute Gasteiger partial charge is 0.356 e. The van der Waals surface area contributed by atoms with Crippen LogP contribution in [0, 0.1) is 0 Å². The van der Waals surface area contributed by atoms with Crippen LogP contribution >= 0.6 is 11.6 Å². The SMILES string of the molecule is CN=C(NCCc1ccccc1Cl)NCCn1ccnc1. The topological polar surface area (TPSA) is 54.2 Å². The summed E-state index contributed by atoms with van der Waals surface area (Å²) in [5.41, 5.74) is 1.14. The number of nitrogens with one attached hydrogen (secondary N) is 2. The number of guanidine groups is 1. The van der Waals surface area contributed by atoms with Gasteiger partial charge < -0.3 is 15.2 Å². The number of imidazole rings is 1. The van der Waals surface area contributed by atoms with Crippen LogP contribution in [-0.4, -0.2) is 35.6 Å². The van der Waals surface area contributed by atoms with E-state index in [2.05, 4.69) is 20.6 Å². The van der Waals surface area contributed by atoms with Crippen LogP contribution in [0.25, 0.3) is 0 Å². The Labute approximate surface area is 130 Å². The number of hydrogen-bond acceptors (Lipinski definition) is 2. The molecular weight excluding hydrogens is 286 g/mol. The van der Waals surface area contributed by atoms with Crippen molar-refractivity contribution in [3.05, 3.63) is 53.6 Å². The summed E-state index contributed by atoms with van der Waals surface area (Å²) < 4.78 is 2.02. The smallest absolute Gasteiger partial charge is 0.191 e. The van der Waals surface area contributed by atoms with Crippen LogP contribution in [0.15, 0.2) is 48.0 Å². The van der Waals surface area contributed by atoms with Crippen LogP contribution < -0.4 is 10.6 Å². The first-order chi connectivity index (χ1) is 10.3. The van der Waals surface area contributed by atoms with Crippen molar-refractivity contribution in [2.24, 2.45) is 4.99 Å². The molecule has 1 heterocycles. The quantitative estimate of drug-likeness (QED) is 0.633. The normalized spacial score (nSPS) is 11.4. The predicted molar refractivity (Wildman–Crippen MR) is 86.7 cm³/mol. The van der Waals surface area contributed by atoms with Crippen molar-refractivity contribution >= 4 is 17.6 Å². The summed E-state index contributed by atoms with van der Waals surface area (Å²) in [6, 6.07) is 7.89. The van der Waals surface area contributed by atoms with Crippen molar-refractivity contribution in [3.8, 4) is 0 Å². The summed E-state index contributed by atoms with van der Waals surface area (Å²) in [5.74, 6) is 0.794. The van der Waals surface area contributed by atoms with Crippen molar-refractivity contribution in [2.45, 2.75) is 13.0 Å². The van der Waals surface area contributed by atoms with Gasteiger partial charge in [0.25, 0.3) is 0 Å². The Bertz CT molecular complexity index is 565. The molecule has 2 N–H and O–H groups in total. The highest BCUT2D eigenvalue weighted by Gasteiger charge is 2.00. The number of aromatic nitrogens is 2. The predicted octanol–water partition coefficient (Wildman–Crippen LogP) is 1.94. The first kappa shape index (κ1) is 15.4. The third kappa shape index (κ3) is 5.11. The third-order valence-corrected chi connectivity index (χ3v) is 3.46. The Balaban J connectivity index is 1.69. The first-order valence-corrected chi connectivity index (χ1v) is 7.31. The van der Waals surface area contributed by atoms with Crippen LogP contribution in [0.2, 0.25) is 5.02 Å². The maximum absolute atomic E-state index is 6.13. The maximum Gasteiger partial charge on any atom is 0.191 e. The van der Waals surface area contributed by atoms with E-state index < -0.39 is 0 Å². The molecule has 0 spiro atoms. The average molecular weight is 306 g/mol. The van der Waals surface area contributed by atoms with Gasteiger partial charge in [0.15, 0.2) is 5.96 Å². The molecule has 0 radical (unpaired) electrons. The molecule has 112 valence electrons. The van der Waals surface area contributed by atoms with Crippen molar-refractivity contribution < 1.29 is 0 Å². The van der Waals surface area contributed by atoms with E-state index in [9.17, 15) is 0 Å². The zero-order chi connectivity index (χ0) is 14.9. The molecule has 1 aromatic carbocycles. The first-order valence-electron chi connectivity index (χ1n) is 6.93. The Morgan fingerprint density at radius 2 is 2.10 bits per heavy atom. The minimum atomic E-state index is 0.786. The Kier molecular flexibility index (Phi) is 6.09. The van der Waals surface area contributed by atoms with Gasteiger partial charge in [-0.25, -0.2) is 4.98 Å². The minimum absolute atomic E-state index is 0.786. The lowest BCUT2D eigenvalue weighted by molar-refractivity contribution is 0.661. The van der Waals surface area contributed by atoms with Crippen molar-refractivity contribution in [2.75, 3.05) is 20.1 Å². The Hall–Kier alpha value is -2.01. The van der Waals surface area contributed by atoms with Gasteiger partial charge >= 0.3 is 0 Å². The number of halogens is 1. The number of aliphatic imine (C=N–C) groups is 1. The van der Waals surface area contributed by atoms with Crippen LogP contribution in [0.4, 0.5) is 0 Å². The summed E-state index contributed by atoms with van der Waals surface area (Å²) in [7, 11) is 1.77. The second kappa shape index (κ2) is 8.32. The third-order valence-electron chi connectivity index (χ3n) is 3.09. The van der Waals surface area contributed by atoms with E-state index in [1.54, 1.807) is 19.6 Å². The zero-order valence-electron chi connectivity index (χ0n) is 12.1. The fourth-order valence-electron chi connectivity index (χ4n) is 1.96. The van der Waals surface area contributed by atoms with Gasteiger partial charge in [-0.05, 0) is 18.1 Å². The van der Waals surface area contributed by atoms with Gasteiger partial charge in [-0.1, -0.05) is 29.8 Å². The number of benzene rings is 1. The molecule has 0 atom stereocenters. The van der Waals surface area contributed by atoms with Crippen molar-refractivity contribution in [1.82, 2.24) is 20.2 Å². The highest BCUT2D eigenvalue weighted by molar-refractivity contribution is 6.31. The van der Waals surface area contributed by atoms with Gasteiger partial charge in [-0.15, -0.1) is 0 Å². The molecule has 0 aliphatic heterocycles. The molecule has 0 fully saturated rings. The van der Waals surface area contributed by atoms with Crippen LogP contribution in [0.5, 0.6) is 0 Å². The van der Waals surface area contributed by atoms with E-state index in [1.807, 2.05) is 35.0 Å². The Morgan fingerprint density at radius 3 is 2.81 bits per heavy atom. The molecule has 1 aromatic heterocycles. The Morgan fingerprint density at radius 1 is 1.29 bits per heavy atom. The number of rotatable bonds is 6. The summed E-state index contributed by atoms with van der Waals surface area (Å²) in [5, 5.41) is 7.35. The van der Waals surface area contributed by atoms with Crippen LogP contribution in [0.3, 0.4) is 0 Å². The fraction of sp³-hybridized carbons (Fsp3) is 0.333. The van der Waals surface area contributed by atoms with Crippen LogP contribution in [0.1, 0.15) is 5.56 Å². The molecule has 0 aliphatic rings. The molecule has 5 nitrogen and oxygen atoms in total. The molecule has 0 saturated carbocycles. The maximum atomic E-state index is 6.13. The molecule has 0 amide bonds. The lowest BCUT2D eigenvalue weighted by Crippen LogP contribution is -2.39. The summed E-state index contributed by atoms with van der Waals surface area (Å²) >= 11 is 6.13. The zero-order valence-corrected chi connectivity index (χ0v) is 12.8. The number of hydrogen-bond donors (Lipinski definition) is 2. The van der Waals surface area contributed by atoms with Gasteiger partial charge in [0.1, 0.15) is 0 Å². The van der Waals surface area contributed by atoms with Gasteiger partial charge in [0.05, 0.1) is 6.33 Å². The summed E-state index contributed by atoms with van der Waals surface area (Å²) in [6.45, 7) is 2.43. The minimum Gasteiger partial charge on any atom is -0.356 e. The van der Waals surface area contributed by atoms with Gasteiger partial charge in [0, 0.05) is 44.1 Å².